The maximum atomic E-state index is 11.5. The number of benzene rings is 1. The van der Waals surface area contributed by atoms with Gasteiger partial charge in [0.2, 0.25) is 6.79 Å². The smallest absolute Gasteiger partial charge is 0.339 e. The van der Waals surface area contributed by atoms with Crippen LogP contribution < -0.4 is 9.47 Å². The van der Waals surface area contributed by atoms with Crippen LogP contribution in [0.2, 0.25) is 0 Å². The van der Waals surface area contributed by atoms with E-state index in [0.717, 1.165) is 0 Å². The lowest BCUT2D eigenvalue weighted by atomic mass is 10.1. The molecule has 5 heteroatoms. The summed E-state index contributed by atoms with van der Waals surface area (Å²) in [5.74, 6) is 0.468. The van der Waals surface area contributed by atoms with Gasteiger partial charge in [-0.3, -0.25) is 0 Å². The first kappa shape index (κ1) is 11.7. The number of aliphatic hydroxyl groups is 1. The van der Waals surface area contributed by atoms with Crippen molar-refractivity contribution < 1.29 is 24.1 Å². The predicted molar refractivity (Wildman–Crippen MR) is 58.8 cm³/mol. The van der Waals surface area contributed by atoms with Gasteiger partial charge in [-0.25, -0.2) is 4.79 Å². The van der Waals surface area contributed by atoms with Gasteiger partial charge in [-0.2, -0.15) is 0 Å². The third-order valence-corrected chi connectivity index (χ3v) is 2.29. The molecule has 92 valence electrons. The Morgan fingerprint density at radius 2 is 2.06 bits per heavy atom. The van der Waals surface area contributed by atoms with Crippen LogP contribution in [0.25, 0.3) is 0 Å². The molecular weight excluding hydrogens is 224 g/mol. The maximum absolute atomic E-state index is 11.5. The van der Waals surface area contributed by atoms with E-state index in [1.54, 1.807) is 32.0 Å². The number of ether oxygens (including phenoxy) is 3. The average Bonchev–Trinajstić information content (AvgIpc) is 2.73. The largest absolute Gasteiger partial charge is 0.461 e. The summed E-state index contributed by atoms with van der Waals surface area (Å²) in [6.07, 6.45) is -1.56. The first-order chi connectivity index (χ1) is 8.08. The summed E-state index contributed by atoms with van der Waals surface area (Å²) in [6.45, 7) is 3.61. The molecule has 0 spiro atoms. The molecule has 0 radical (unpaired) electrons. The van der Waals surface area contributed by atoms with Crippen molar-refractivity contribution in [2.24, 2.45) is 0 Å². The maximum Gasteiger partial charge on any atom is 0.339 e. The minimum absolute atomic E-state index is 0.158. The number of carbonyl (C=O) groups is 1. The van der Waals surface area contributed by atoms with Crippen molar-refractivity contribution in [3.63, 3.8) is 0 Å². The van der Waals surface area contributed by atoms with Gasteiger partial charge in [0.05, 0.1) is 6.10 Å². The number of hydrogen-bond acceptors (Lipinski definition) is 5. The van der Waals surface area contributed by atoms with Gasteiger partial charge in [-0.15, -0.1) is 0 Å². The summed E-state index contributed by atoms with van der Waals surface area (Å²) >= 11 is 0. The highest BCUT2D eigenvalue weighted by Crippen LogP contribution is 2.34. The zero-order chi connectivity index (χ0) is 12.4. The third-order valence-electron chi connectivity index (χ3n) is 2.29. The van der Waals surface area contributed by atoms with Gasteiger partial charge in [-0.05, 0) is 31.5 Å². The molecule has 0 aromatic heterocycles. The number of carbonyl (C=O) groups excluding carboxylic acids is 1. The number of hydrogen-bond donors (Lipinski definition) is 1. The van der Waals surface area contributed by atoms with Gasteiger partial charge in [0.25, 0.3) is 0 Å². The molecule has 1 aromatic carbocycles. The minimum atomic E-state index is -1.30. The molecular formula is C12H14O5. The summed E-state index contributed by atoms with van der Waals surface area (Å²) in [4.78, 5) is 11.5. The number of aliphatic hydroxyl groups excluding tert-OH is 1. The summed E-state index contributed by atoms with van der Waals surface area (Å²) in [7, 11) is 0. The molecule has 2 rings (SSSR count). The second-order valence-electron chi connectivity index (χ2n) is 4.00. The van der Waals surface area contributed by atoms with Gasteiger partial charge in [0, 0.05) is 0 Å². The molecule has 0 saturated heterocycles. The minimum Gasteiger partial charge on any atom is -0.461 e. The van der Waals surface area contributed by atoms with E-state index >= 15 is 0 Å². The van der Waals surface area contributed by atoms with E-state index in [2.05, 4.69) is 0 Å². The first-order valence-corrected chi connectivity index (χ1v) is 5.36. The highest BCUT2D eigenvalue weighted by atomic mass is 16.7. The predicted octanol–water partition coefficient (Wildman–Crippen LogP) is 1.40. The molecule has 0 aliphatic carbocycles. The Labute approximate surface area is 98.9 Å². The third kappa shape index (κ3) is 2.50. The fourth-order valence-corrected chi connectivity index (χ4v) is 1.52. The molecule has 1 N–H and O–H groups in total. The Morgan fingerprint density at radius 1 is 1.35 bits per heavy atom. The Kier molecular flexibility index (Phi) is 3.19. The number of fused-ring (bicyclic) bond motifs is 1. The summed E-state index contributed by atoms with van der Waals surface area (Å²) in [5.41, 5.74) is 0.430. The molecule has 1 aromatic rings. The van der Waals surface area contributed by atoms with Crippen molar-refractivity contribution in [1.29, 1.82) is 0 Å². The lowest BCUT2D eigenvalue weighted by Crippen LogP contribution is -2.19. The normalized spacial score (nSPS) is 14.8. The van der Waals surface area contributed by atoms with Crippen molar-refractivity contribution in [2.45, 2.75) is 26.1 Å². The van der Waals surface area contributed by atoms with Crippen LogP contribution in [0.4, 0.5) is 0 Å². The van der Waals surface area contributed by atoms with Crippen LogP contribution in [0, 0.1) is 0 Å². The lowest BCUT2D eigenvalue weighted by molar-refractivity contribution is -0.157. The topological polar surface area (TPSA) is 65.0 Å². The Bertz CT molecular complexity index is 427. The fraction of sp³-hybridized carbons (Fsp3) is 0.417. The van der Waals surface area contributed by atoms with Crippen LogP contribution in [0.5, 0.6) is 11.5 Å². The van der Waals surface area contributed by atoms with Crippen molar-refractivity contribution in [3.05, 3.63) is 23.8 Å². The van der Waals surface area contributed by atoms with E-state index in [0.29, 0.717) is 17.1 Å². The molecule has 0 saturated carbocycles. The number of rotatable bonds is 3. The van der Waals surface area contributed by atoms with E-state index in [1.165, 1.54) is 0 Å². The van der Waals surface area contributed by atoms with Crippen molar-refractivity contribution >= 4 is 5.97 Å². The van der Waals surface area contributed by atoms with Crippen molar-refractivity contribution in [2.75, 3.05) is 6.79 Å². The monoisotopic (exact) mass is 238 g/mol. The molecule has 1 unspecified atom stereocenters. The molecule has 1 aliphatic rings. The first-order valence-electron chi connectivity index (χ1n) is 5.36. The van der Waals surface area contributed by atoms with E-state index in [9.17, 15) is 9.90 Å². The van der Waals surface area contributed by atoms with E-state index in [4.69, 9.17) is 14.2 Å². The van der Waals surface area contributed by atoms with E-state index in [1.807, 2.05) is 0 Å². The average molecular weight is 238 g/mol. The van der Waals surface area contributed by atoms with Crippen LogP contribution in [0.15, 0.2) is 18.2 Å². The number of esters is 1. The standard InChI is InChI=1S/C12H14O5/c1-7(2)17-12(14)11(13)8-3-4-9-10(5-8)16-6-15-9/h3-5,7,11,13H,6H2,1-2H3. The summed E-state index contributed by atoms with van der Waals surface area (Å²) in [6, 6.07) is 4.85. The molecule has 1 atom stereocenters. The molecule has 1 aliphatic heterocycles. The van der Waals surface area contributed by atoms with Crippen LogP contribution in [0.1, 0.15) is 25.5 Å². The summed E-state index contributed by atoms with van der Waals surface area (Å²) in [5, 5.41) is 9.80. The lowest BCUT2D eigenvalue weighted by Gasteiger charge is -2.13. The quantitative estimate of drug-likeness (QED) is 0.806. The Balaban J connectivity index is 2.14. The van der Waals surface area contributed by atoms with E-state index in [-0.39, 0.29) is 12.9 Å². The molecule has 0 bridgehead atoms. The van der Waals surface area contributed by atoms with Crippen LogP contribution >= 0.6 is 0 Å². The molecule has 17 heavy (non-hydrogen) atoms. The van der Waals surface area contributed by atoms with Gasteiger partial charge in [0.15, 0.2) is 17.6 Å². The molecule has 0 amide bonds. The van der Waals surface area contributed by atoms with Crippen LogP contribution in [-0.4, -0.2) is 24.0 Å². The van der Waals surface area contributed by atoms with Gasteiger partial charge in [0.1, 0.15) is 0 Å². The molecule has 5 nitrogen and oxygen atoms in total. The highest BCUT2D eigenvalue weighted by molar-refractivity contribution is 5.76. The Morgan fingerprint density at radius 3 is 2.76 bits per heavy atom. The SMILES string of the molecule is CC(C)OC(=O)C(O)c1ccc2c(c1)OCO2. The highest BCUT2D eigenvalue weighted by Gasteiger charge is 2.23. The fourth-order valence-electron chi connectivity index (χ4n) is 1.52. The van der Waals surface area contributed by atoms with Gasteiger partial charge < -0.3 is 19.3 Å². The van der Waals surface area contributed by atoms with Crippen molar-refractivity contribution in [3.8, 4) is 11.5 Å². The molecule has 0 fully saturated rings. The van der Waals surface area contributed by atoms with E-state index < -0.39 is 12.1 Å². The van der Waals surface area contributed by atoms with Gasteiger partial charge in [-0.1, -0.05) is 6.07 Å². The zero-order valence-electron chi connectivity index (χ0n) is 9.67. The summed E-state index contributed by atoms with van der Waals surface area (Å²) < 4.78 is 15.2. The van der Waals surface area contributed by atoms with Crippen LogP contribution in [-0.2, 0) is 9.53 Å². The second-order valence-corrected chi connectivity index (χ2v) is 4.00. The zero-order valence-corrected chi connectivity index (χ0v) is 9.67. The second kappa shape index (κ2) is 4.63. The Hall–Kier alpha value is -1.75. The molecule has 1 heterocycles. The van der Waals surface area contributed by atoms with Crippen molar-refractivity contribution in [1.82, 2.24) is 0 Å². The van der Waals surface area contributed by atoms with Crippen LogP contribution in [0.3, 0.4) is 0 Å². The van der Waals surface area contributed by atoms with Gasteiger partial charge >= 0.3 is 5.97 Å².